The Morgan fingerprint density at radius 2 is 1.73 bits per heavy atom. The number of aromatic nitrogens is 1. The van der Waals surface area contributed by atoms with Crippen molar-refractivity contribution in [2.45, 2.75) is 25.4 Å². The van der Waals surface area contributed by atoms with Crippen LogP contribution in [0.2, 0.25) is 0 Å². The summed E-state index contributed by atoms with van der Waals surface area (Å²) in [6.07, 6.45) is 0.123. The van der Waals surface area contributed by atoms with E-state index in [0.717, 1.165) is 37.7 Å². The highest BCUT2D eigenvalue weighted by Gasteiger charge is 2.33. The molecule has 0 aliphatic carbocycles. The maximum atomic E-state index is 12.9. The third-order valence-corrected chi connectivity index (χ3v) is 6.22. The van der Waals surface area contributed by atoms with E-state index in [1.54, 1.807) is 12.1 Å². The van der Waals surface area contributed by atoms with Crippen molar-refractivity contribution in [1.29, 1.82) is 0 Å². The van der Waals surface area contributed by atoms with Crippen LogP contribution >= 0.6 is 0 Å². The van der Waals surface area contributed by atoms with Crippen LogP contribution in [0.1, 0.15) is 24.8 Å². The first-order chi connectivity index (χ1) is 15.6. The Balaban J connectivity index is 1.44. The maximum Gasteiger partial charge on any atom is 0.419 e. The van der Waals surface area contributed by atoms with E-state index in [-0.39, 0.29) is 18.9 Å². The molecule has 2 heterocycles. The van der Waals surface area contributed by atoms with Crippen LogP contribution in [0, 0.1) is 0 Å². The standard InChI is InChI=1S/C21H26F3N5O3S/c22-21(23,24)18-5-4-10-26-20(18)27-12-11-25-19(30)15-33(31,32)28-16-6-8-17(9-7-16)29-13-2-1-3-14-29/h4-10,28H,1-3,11-15H2,(H,25,30)(H,26,27). The number of carbonyl (C=O) groups excluding carboxylic acids is 1. The number of carbonyl (C=O) groups is 1. The number of nitrogens with one attached hydrogen (secondary N) is 3. The van der Waals surface area contributed by atoms with Crippen LogP contribution in [-0.2, 0) is 21.0 Å². The summed E-state index contributed by atoms with van der Waals surface area (Å²) in [6, 6.07) is 9.03. The van der Waals surface area contributed by atoms with Gasteiger partial charge in [0.15, 0.2) is 0 Å². The van der Waals surface area contributed by atoms with Crippen molar-refractivity contribution < 1.29 is 26.4 Å². The molecule has 2 aromatic rings. The summed E-state index contributed by atoms with van der Waals surface area (Å²) >= 11 is 0. The molecule has 1 aromatic heterocycles. The average Bonchev–Trinajstić information content (AvgIpc) is 2.77. The fourth-order valence-corrected chi connectivity index (χ4v) is 4.50. The molecular weight excluding hydrogens is 459 g/mol. The number of amides is 1. The van der Waals surface area contributed by atoms with E-state index in [0.29, 0.717) is 5.69 Å². The number of anilines is 3. The van der Waals surface area contributed by atoms with Crippen LogP contribution in [0.4, 0.5) is 30.4 Å². The quantitative estimate of drug-likeness (QED) is 0.472. The molecule has 3 N–H and O–H groups in total. The Bertz CT molecular complexity index is 1040. The van der Waals surface area contributed by atoms with E-state index in [2.05, 4.69) is 25.2 Å². The largest absolute Gasteiger partial charge is 0.419 e. The topological polar surface area (TPSA) is 103 Å². The Morgan fingerprint density at radius 3 is 2.39 bits per heavy atom. The molecule has 0 radical (unpaired) electrons. The number of halogens is 3. The van der Waals surface area contributed by atoms with E-state index in [1.165, 1.54) is 18.7 Å². The van der Waals surface area contributed by atoms with E-state index >= 15 is 0 Å². The van der Waals surface area contributed by atoms with Crippen LogP contribution in [0.25, 0.3) is 0 Å². The van der Waals surface area contributed by atoms with Crippen molar-refractivity contribution >= 4 is 33.1 Å². The molecule has 180 valence electrons. The molecule has 1 saturated heterocycles. The molecule has 8 nitrogen and oxygen atoms in total. The number of rotatable bonds is 9. The summed E-state index contributed by atoms with van der Waals surface area (Å²) in [5.74, 6) is -1.94. The minimum absolute atomic E-state index is 0.0583. The molecule has 1 aliphatic rings. The van der Waals surface area contributed by atoms with Gasteiger partial charge in [-0.05, 0) is 55.7 Å². The van der Waals surface area contributed by atoms with Crippen LogP contribution < -0.4 is 20.3 Å². The van der Waals surface area contributed by atoms with Gasteiger partial charge in [0.1, 0.15) is 11.6 Å². The lowest BCUT2D eigenvalue weighted by molar-refractivity contribution is -0.137. The summed E-state index contributed by atoms with van der Waals surface area (Å²) in [5, 5.41) is 4.86. The minimum atomic E-state index is -4.56. The summed E-state index contributed by atoms with van der Waals surface area (Å²) < 4.78 is 65.7. The molecule has 0 unspecified atom stereocenters. The molecule has 12 heteroatoms. The molecule has 0 atom stereocenters. The summed E-state index contributed by atoms with van der Waals surface area (Å²) in [6.45, 7) is 1.81. The number of hydrogen-bond donors (Lipinski definition) is 3. The van der Waals surface area contributed by atoms with Gasteiger partial charge in [-0.2, -0.15) is 13.2 Å². The minimum Gasteiger partial charge on any atom is -0.372 e. The third kappa shape index (κ3) is 7.52. The highest BCUT2D eigenvalue weighted by atomic mass is 32.2. The molecule has 3 rings (SSSR count). The number of piperidine rings is 1. The number of pyridine rings is 1. The van der Waals surface area contributed by atoms with Gasteiger partial charge in [-0.15, -0.1) is 0 Å². The van der Waals surface area contributed by atoms with Gasteiger partial charge >= 0.3 is 6.18 Å². The van der Waals surface area contributed by atoms with Crippen molar-refractivity contribution in [3.63, 3.8) is 0 Å². The average molecular weight is 486 g/mol. The summed E-state index contributed by atoms with van der Waals surface area (Å²) in [7, 11) is -3.94. The van der Waals surface area contributed by atoms with Crippen molar-refractivity contribution in [3.8, 4) is 0 Å². The zero-order valence-electron chi connectivity index (χ0n) is 17.9. The molecule has 1 aromatic carbocycles. The lowest BCUT2D eigenvalue weighted by atomic mass is 10.1. The van der Waals surface area contributed by atoms with Gasteiger partial charge in [0, 0.05) is 43.8 Å². The molecule has 0 saturated carbocycles. The number of alkyl halides is 3. The zero-order chi connectivity index (χ0) is 23.9. The van der Waals surface area contributed by atoms with Crippen LogP contribution in [0.3, 0.4) is 0 Å². The molecule has 1 fully saturated rings. The number of hydrogen-bond acceptors (Lipinski definition) is 6. The molecule has 1 amide bonds. The van der Waals surface area contributed by atoms with E-state index < -0.39 is 33.4 Å². The highest BCUT2D eigenvalue weighted by molar-refractivity contribution is 7.93. The van der Waals surface area contributed by atoms with E-state index in [9.17, 15) is 26.4 Å². The SMILES string of the molecule is O=C(CS(=O)(=O)Nc1ccc(N2CCCCC2)cc1)NCCNc1ncccc1C(F)(F)F. The van der Waals surface area contributed by atoms with Crippen molar-refractivity contribution in [2.24, 2.45) is 0 Å². The van der Waals surface area contributed by atoms with Gasteiger partial charge in [-0.3, -0.25) is 9.52 Å². The first-order valence-corrected chi connectivity index (χ1v) is 12.2. The second-order valence-corrected chi connectivity index (χ2v) is 9.35. The van der Waals surface area contributed by atoms with Crippen molar-refractivity contribution in [2.75, 3.05) is 46.9 Å². The normalized spacial score (nSPS) is 14.6. The first-order valence-electron chi connectivity index (χ1n) is 10.5. The second-order valence-electron chi connectivity index (χ2n) is 7.63. The molecule has 33 heavy (non-hydrogen) atoms. The molecular formula is C21H26F3N5O3S. The van der Waals surface area contributed by atoms with E-state index in [1.807, 2.05) is 12.1 Å². The summed E-state index contributed by atoms with van der Waals surface area (Å²) in [4.78, 5) is 17.9. The number of nitrogens with zero attached hydrogens (tertiary/aromatic N) is 2. The highest BCUT2D eigenvalue weighted by Crippen LogP contribution is 2.33. The van der Waals surface area contributed by atoms with Crippen LogP contribution in [0.15, 0.2) is 42.6 Å². The van der Waals surface area contributed by atoms with Crippen LogP contribution in [-0.4, -0.2) is 51.2 Å². The Morgan fingerprint density at radius 1 is 1.03 bits per heavy atom. The predicted molar refractivity (Wildman–Crippen MR) is 121 cm³/mol. The molecule has 0 spiro atoms. The Labute approximate surface area is 190 Å². The summed E-state index contributed by atoms with van der Waals surface area (Å²) in [5.41, 5.74) is 0.443. The van der Waals surface area contributed by atoms with Crippen molar-refractivity contribution in [1.82, 2.24) is 10.3 Å². The Hall–Kier alpha value is -3.02. The first kappa shape index (κ1) is 24.6. The monoisotopic (exact) mass is 485 g/mol. The third-order valence-electron chi connectivity index (χ3n) is 5.04. The van der Waals surface area contributed by atoms with Gasteiger partial charge in [-0.25, -0.2) is 13.4 Å². The van der Waals surface area contributed by atoms with Crippen LogP contribution in [0.5, 0.6) is 0 Å². The fraction of sp³-hybridized carbons (Fsp3) is 0.429. The number of sulfonamides is 1. The maximum absolute atomic E-state index is 12.9. The van der Waals surface area contributed by atoms with Gasteiger partial charge in [0.2, 0.25) is 15.9 Å². The van der Waals surface area contributed by atoms with Gasteiger partial charge in [0.05, 0.1) is 5.56 Å². The van der Waals surface area contributed by atoms with Gasteiger partial charge < -0.3 is 15.5 Å². The lowest BCUT2D eigenvalue weighted by Crippen LogP contribution is -2.35. The fourth-order valence-electron chi connectivity index (χ4n) is 3.49. The van der Waals surface area contributed by atoms with E-state index in [4.69, 9.17) is 0 Å². The van der Waals surface area contributed by atoms with Gasteiger partial charge in [0.25, 0.3) is 0 Å². The molecule has 1 aliphatic heterocycles. The second kappa shape index (κ2) is 10.7. The van der Waals surface area contributed by atoms with Gasteiger partial charge in [-0.1, -0.05) is 0 Å². The Kier molecular flexibility index (Phi) is 8.01. The lowest BCUT2D eigenvalue weighted by Gasteiger charge is -2.28. The zero-order valence-corrected chi connectivity index (χ0v) is 18.7. The smallest absolute Gasteiger partial charge is 0.372 e. The predicted octanol–water partition coefficient (Wildman–Crippen LogP) is 3.06. The number of benzene rings is 1. The molecule has 0 bridgehead atoms. The van der Waals surface area contributed by atoms with Crippen molar-refractivity contribution in [3.05, 3.63) is 48.2 Å².